The van der Waals surface area contributed by atoms with Crippen molar-refractivity contribution in [3.8, 4) is 0 Å². The fourth-order valence-electron chi connectivity index (χ4n) is 0.896. The van der Waals surface area contributed by atoms with Crippen molar-refractivity contribution in [1.29, 1.82) is 0 Å². The second kappa shape index (κ2) is 4.36. The van der Waals surface area contributed by atoms with Gasteiger partial charge >= 0.3 is 0 Å². The molecule has 2 N–H and O–H groups in total. The summed E-state index contributed by atoms with van der Waals surface area (Å²) in [5.74, 6) is 0.621. The molecule has 1 atom stereocenters. The summed E-state index contributed by atoms with van der Waals surface area (Å²) in [6.45, 7) is 0. The summed E-state index contributed by atoms with van der Waals surface area (Å²) in [6.07, 6.45) is 4.40. The van der Waals surface area contributed by atoms with Crippen molar-refractivity contribution in [3.05, 3.63) is 18.2 Å². The molecule has 1 heterocycles. The highest BCUT2D eigenvalue weighted by molar-refractivity contribution is 6.18. The molecule has 0 aliphatic rings. The van der Waals surface area contributed by atoms with Gasteiger partial charge in [-0.3, -0.25) is 0 Å². The second-order valence-electron chi connectivity index (χ2n) is 2.42. The number of aromatic nitrogens is 2. The summed E-state index contributed by atoms with van der Waals surface area (Å²) in [7, 11) is 1.91. The van der Waals surface area contributed by atoms with Crippen molar-refractivity contribution in [3.63, 3.8) is 0 Å². The first-order valence-corrected chi connectivity index (χ1v) is 4.10. The number of alkyl halides is 1. The van der Waals surface area contributed by atoms with Gasteiger partial charge in [-0.2, -0.15) is 0 Å². The van der Waals surface area contributed by atoms with E-state index in [2.05, 4.69) is 15.3 Å². The summed E-state index contributed by atoms with van der Waals surface area (Å²) < 4.78 is 0. The van der Waals surface area contributed by atoms with Crippen LogP contribution in [0.1, 0.15) is 5.69 Å². The van der Waals surface area contributed by atoms with Crippen LogP contribution >= 0.6 is 11.6 Å². The predicted molar refractivity (Wildman–Crippen MR) is 45.9 cm³/mol. The standard InChI is InChI=1S/C7H12ClN3/c1-9-6(3-8)2-7-4-10-5-11-7/h4-6,9H,2-3H2,1H3,(H,10,11)/t6-/m0/s1. The monoisotopic (exact) mass is 173 g/mol. The summed E-state index contributed by atoms with van der Waals surface area (Å²) in [5.41, 5.74) is 1.12. The Morgan fingerprint density at radius 2 is 2.64 bits per heavy atom. The molecule has 1 aromatic heterocycles. The molecule has 0 bridgehead atoms. The Labute approximate surface area is 71.2 Å². The van der Waals surface area contributed by atoms with E-state index < -0.39 is 0 Å². The minimum absolute atomic E-state index is 0.331. The molecular formula is C7H12ClN3. The van der Waals surface area contributed by atoms with E-state index in [1.165, 1.54) is 0 Å². The van der Waals surface area contributed by atoms with Crippen LogP contribution in [0.3, 0.4) is 0 Å². The van der Waals surface area contributed by atoms with Gasteiger partial charge in [-0.05, 0) is 7.05 Å². The molecule has 0 aliphatic carbocycles. The van der Waals surface area contributed by atoms with Crippen LogP contribution in [0.5, 0.6) is 0 Å². The Balaban J connectivity index is 2.41. The van der Waals surface area contributed by atoms with Crippen molar-refractivity contribution < 1.29 is 0 Å². The highest BCUT2D eigenvalue weighted by atomic mass is 35.5. The maximum Gasteiger partial charge on any atom is 0.0921 e. The Bertz CT molecular complexity index is 182. The van der Waals surface area contributed by atoms with Gasteiger partial charge in [0, 0.05) is 30.2 Å². The summed E-state index contributed by atoms with van der Waals surface area (Å²) >= 11 is 5.69. The number of rotatable bonds is 4. The molecule has 0 spiro atoms. The van der Waals surface area contributed by atoms with Gasteiger partial charge in [0.15, 0.2) is 0 Å². The topological polar surface area (TPSA) is 40.7 Å². The summed E-state index contributed by atoms with van der Waals surface area (Å²) in [4.78, 5) is 6.94. The smallest absolute Gasteiger partial charge is 0.0921 e. The molecule has 0 saturated carbocycles. The van der Waals surface area contributed by atoms with Crippen LogP contribution in [0.4, 0.5) is 0 Å². The molecule has 62 valence electrons. The predicted octanol–water partition coefficient (Wildman–Crippen LogP) is 0.779. The van der Waals surface area contributed by atoms with Crippen LogP contribution in [-0.2, 0) is 6.42 Å². The van der Waals surface area contributed by atoms with Gasteiger partial charge in [0.05, 0.1) is 6.33 Å². The first-order valence-electron chi connectivity index (χ1n) is 3.57. The maximum atomic E-state index is 5.69. The number of nitrogens with zero attached hydrogens (tertiary/aromatic N) is 1. The van der Waals surface area contributed by atoms with Crippen LogP contribution in [0.25, 0.3) is 0 Å². The maximum absolute atomic E-state index is 5.69. The normalized spacial score (nSPS) is 13.3. The van der Waals surface area contributed by atoms with Crippen LogP contribution in [0.2, 0.25) is 0 Å². The average Bonchev–Trinajstić information content (AvgIpc) is 2.52. The van der Waals surface area contributed by atoms with Crippen molar-refractivity contribution >= 4 is 11.6 Å². The number of hydrogen-bond acceptors (Lipinski definition) is 2. The van der Waals surface area contributed by atoms with Crippen LogP contribution in [0.15, 0.2) is 12.5 Å². The zero-order valence-electron chi connectivity index (χ0n) is 6.47. The first kappa shape index (κ1) is 8.56. The van der Waals surface area contributed by atoms with Gasteiger partial charge in [-0.25, -0.2) is 4.98 Å². The van der Waals surface area contributed by atoms with Crippen molar-refractivity contribution in [1.82, 2.24) is 15.3 Å². The number of H-pyrrole nitrogens is 1. The Morgan fingerprint density at radius 3 is 3.09 bits per heavy atom. The molecule has 3 nitrogen and oxygen atoms in total. The third-order valence-electron chi connectivity index (χ3n) is 1.62. The van der Waals surface area contributed by atoms with E-state index in [-0.39, 0.29) is 0 Å². The molecular weight excluding hydrogens is 162 g/mol. The minimum atomic E-state index is 0.331. The van der Waals surface area contributed by atoms with E-state index in [1.807, 2.05) is 13.2 Å². The van der Waals surface area contributed by atoms with Gasteiger partial charge in [-0.15, -0.1) is 11.6 Å². The van der Waals surface area contributed by atoms with Crippen molar-refractivity contribution in [2.45, 2.75) is 12.5 Å². The molecule has 0 amide bonds. The van der Waals surface area contributed by atoms with E-state index >= 15 is 0 Å². The minimum Gasteiger partial charge on any atom is -0.348 e. The van der Waals surface area contributed by atoms with E-state index in [9.17, 15) is 0 Å². The quantitative estimate of drug-likeness (QED) is 0.661. The van der Waals surface area contributed by atoms with Gasteiger partial charge < -0.3 is 10.3 Å². The highest BCUT2D eigenvalue weighted by Crippen LogP contribution is 1.98. The van der Waals surface area contributed by atoms with Crippen LogP contribution in [0, 0.1) is 0 Å². The molecule has 11 heavy (non-hydrogen) atoms. The van der Waals surface area contributed by atoms with Crippen LogP contribution in [-0.4, -0.2) is 28.9 Å². The molecule has 0 fully saturated rings. The highest BCUT2D eigenvalue weighted by Gasteiger charge is 2.05. The molecule has 1 rings (SSSR count). The lowest BCUT2D eigenvalue weighted by atomic mass is 10.2. The van der Waals surface area contributed by atoms with E-state index in [0.717, 1.165) is 12.1 Å². The summed E-state index contributed by atoms with van der Waals surface area (Å²) in [6, 6.07) is 0.331. The third kappa shape index (κ3) is 2.52. The molecule has 0 saturated heterocycles. The van der Waals surface area contributed by atoms with E-state index in [1.54, 1.807) is 6.33 Å². The number of likely N-dealkylation sites (N-methyl/N-ethyl adjacent to an activating group) is 1. The van der Waals surface area contributed by atoms with E-state index in [4.69, 9.17) is 11.6 Å². The first-order chi connectivity index (χ1) is 5.36. The molecule has 0 unspecified atom stereocenters. The lowest BCUT2D eigenvalue weighted by Gasteiger charge is -2.09. The molecule has 0 aromatic carbocycles. The van der Waals surface area contributed by atoms with Crippen LogP contribution < -0.4 is 5.32 Å². The zero-order valence-corrected chi connectivity index (χ0v) is 7.23. The molecule has 0 radical (unpaired) electrons. The van der Waals surface area contributed by atoms with Crippen molar-refractivity contribution in [2.24, 2.45) is 0 Å². The zero-order chi connectivity index (χ0) is 8.10. The average molecular weight is 174 g/mol. The SMILES string of the molecule is CN[C@H](CCl)Cc1cnc[nH]1. The number of halogens is 1. The third-order valence-corrected chi connectivity index (χ3v) is 1.99. The second-order valence-corrected chi connectivity index (χ2v) is 2.73. The number of aromatic amines is 1. The number of hydrogen-bond donors (Lipinski definition) is 2. The van der Waals surface area contributed by atoms with Gasteiger partial charge in [0.25, 0.3) is 0 Å². The Hall–Kier alpha value is -0.540. The van der Waals surface area contributed by atoms with Gasteiger partial charge in [0.2, 0.25) is 0 Å². The van der Waals surface area contributed by atoms with E-state index in [0.29, 0.717) is 11.9 Å². The summed E-state index contributed by atoms with van der Waals surface area (Å²) in [5, 5.41) is 3.11. The lowest BCUT2D eigenvalue weighted by Crippen LogP contribution is -2.29. The fraction of sp³-hybridized carbons (Fsp3) is 0.571. The fourth-order valence-corrected chi connectivity index (χ4v) is 1.16. The lowest BCUT2D eigenvalue weighted by molar-refractivity contribution is 0.607. The molecule has 4 heteroatoms. The number of imidazole rings is 1. The largest absolute Gasteiger partial charge is 0.348 e. The van der Waals surface area contributed by atoms with Gasteiger partial charge in [0.1, 0.15) is 0 Å². The number of nitrogens with one attached hydrogen (secondary N) is 2. The Kier molecular flexibility index (Phi) is 3.39. The Morgan fingerprint density at radius 1 is 1.82 bits per heavy atom. The molecule has 0 aliphatic heterocycles. The van der Waals surface area contributed by atoms with Gasteiger partial charge in [-0.1, -0.05) is 0 Å². The van der Waals surface area contributed by atoms with Crippen molar-refractivity contribution in [2.75, 3.05) is 12.9 Å². The molecule has 1 aromatic rings.